The van der Waals surface area contributed by atoms with E-state index in [0.717, 1.165) is 24.8 Å². The Balaban J connectivity index is 2.08. The van der Waals surface area contributed by atoms with Crippen LogP contribution in [0.5, 0.6) is 0 Å². The van der Waals surface area contributed by atoms with Gasteiger partial charge in [-0.25, -0.2) is 14.8 Å². The molecule has 0 saturated heterocycles. The molecule has 2 N–H and O–H groups in total. The quantitative estimate of drug-likeness (QED) is 0.708. The number of carbonyl (C=O) groups is 1. The lowest BCUT2D eigenvalue weighted by atomic mass is 10.1. The molecule has 0 bridgehead atoms. The molecule has 0 spiro atoms. The molecule has 5 nitrogen and oxygen atoms in total. The van der Waals surface area contributed by atoms with E-state index in [1.54, 1.807) is 12.4 Å². The van der Waals surface area contributed by atoms with E-state index in [1.165, 1.54) is 6.33 Å². The number of carbonyl (C=O) groups excluding carboxylic acids is 1. The van der Waals surface area contributed by atoms with Crippen LogP contribution in [0.2, 0.25) is 0 Å². The maximum Gasteiger partial charge on any atom is 0.404 e. The summed E-state index contributed by atoms with van der Waals surface area (Å²) in [4.78, 5) is 18.0. The zero-order chi connectivity index (χ0) is 10.2. The smallest absolute Gasteiger partial charge is 0.404 e. The van der Waals surface area contributed by atoms with Gasteiger partial charge < -0.3 is 10.5 Å². The Morgan fingerprint density at radius 1 is 1.36 bits per heavy atom. The van der Waals surface area contributed by atoms with Crippen LogP contribution < -0.4 is 5.73 Å². The molecule has 0 unspecified atom stereocenters. The summed E-state index contributed by atoms with van der Waals surface area (Å²) in [6.07, 6.45) is 6.97. The van der Waals surface area contributed by atoms with E-state index < -0.39 is 6.09 Å². The molecule has 76 valence electrons. The average molecular weight is 195 g/mol. The summed E-state index contributed by atoms with van der Waals surface area (Å²) >= 11 is 0. The first-order valence-corrected chi connectivity index (χ1v) is 4.45. The molecule has 0 fully saturated rings. The van der Waals surface area contributed by atoms with Crippen LogP contribution in [0.15, 0.2) is 18.7 Å². The number of nitrogens with zero attached hydrogens (tertiary/aromatic N) is 2. The number of amides is 1. The third-order valence-corrected chi connectivity index (χ3v) is 1.72. The van der Waals surface area contributed by atoms with Crippen LogP contribution in [0.25, 0.3) is 0 Å². The molecule has 0 radical (unpaired) electrons. The van der Waals surface area contributed by atoms with Crippen LogP contribution in [-0.2, 0) is 11.2 Å². The predicted octanol–water partition coefficient (Wildman–Crippen LogP) is 0.895. The monoisotopic (exact) mass is 195 g/mol. The van der Waals surface area contributed by atoms with Crippen molar-refractivity contribution < 1.29 is 9.53 Å². The number of nitrogens with two attached hydrogens (primary N) is 1. The fourth-order valence-corrected chi connectivity index (χ4v) is 1.06. The van der Waals surface area contributed by atoms with E-state index in [2.05, 4.69) is 14.7 Å². The molecule has 5 heteroatoms. The molecule has 14 heavy (non-hydrogen) atoms. The molecule has 1 aromatic heterocycles. The summed E-state index contributed by atoms with van der Waals surface area (Å²) in [5, 5.41) is 0. The lowest BCUT2D eigenvalue weighted by Crippen LogP contribution is -2.13. The van der Waals surface area contributed by atoms with Gasteiger partial charge in [0.25, 0.3) is 0 Å². The van der Waals surface area contributed by atoms with E-state index in [-0.39, 0.29) is 0 Å². The Hall–Kier alpha value is -1.65. The van der Waals surface area contributed by atoms with Crippen molar-refractivity contribution in [3.8, 4) is 0 Å². The Morgan fingerprint density at radius 3 is 2.71 bits per heavy atom. The fourth-order valence-electron chi connectivity index (χ4n) is 1.06. The van der Waals surface area contributed by atoms with E-state index >= 15 is 0 Å². The molecule has 1 amide bonds. The first-order valence-electron chi connectivity index (χ1n) is 4.45. The number of unbranched alkanes of at least 4 members (excludes halogenated alkanes) is 1. The Kier molecular flexibility index (Phi) is 4.40. The minimum atomic E-state index is -0.715. The maximum absolute atomic E-state index is 10.2. The summed E-state index contributed by atoms with van der Waals surface area (Å²) < 4.78 is 4.59. The zero-order valence-corrected chi connectivity index (χ0v) is 7.85. The van der Waals surface area contributed by atoms with Gasteiger partial charge in [0.1, 0.15) is 6.33 Å². The predicted molar refractivity (Wildman–Crippen MR) is 50.5 cm³/mol. The Morgan fingerprint density at radius 2 is 2.07 bits per heavy atom. The second-order valence-corrected chi connectivity index (χ2v) is 2.87. The lowest BCUT2D eigenvalue weighted by Gasteiger charge is -2.01. The number of primary amides is 1. The number of ether oxygens (including phenoxy) is 1. The normalized spacial score (nSPS) is 9.71. The highest BCUT2D eigenvalue weighted by Crippen LogP contribution is 2.01. The van der Waals surface area contributed by atoms with Crippen LogP contribution in [-0.4, -0.2) is 22.7 Å². The minimum Gasteiger partial charge on any atom is -0.450 e. The second kappa shape index (κ2) is 5.90. The van der Waals surface area contributed by atoms with Gasteiger partial charge in [-0.3, -0.25) is 0 Å². The summed E-state index contributed by atoms with van der Waals surface area (Å²) in [6, 6.07) is 0. The number of aryl methyl sites for hydroxylation is 1. The van der Waals surface area contributed by atoms with Crippen molar-refractivity contribution in [1.29, 1.82) is 0 Å². The SMILES string of the molecule is NC(=O)OCCCCc1cncnc1. The van der Waals surface area contributed by atoms with Crippen molar-refractivity contribution in [3.63, 3.8) is 0 Å². The third-order valence-electron chi connectivity index (χ3n) is 1.72. The van der Waals surface area contributed by atoms with Crippen LogP contribution in [0.1, 0.15) is 18.4 Å². The lowest BCUT2D eigenvalue weighted by molar-refractivity contribution is 0.154. The Labute approximate surface area is 82.3 Å². The van der Waals surface area contributed by atoms with Crippen molar-refractivity contribution >= 4 is 6.09 Å². The average Bonchev–Trinajstić information content (AvgIpc) is 2.18. The van der Waals surface area contributed by atoms with Gasteiger partial charge in [0.05, 0.1) is 6.61 Å². The zero-order valence-electron chi connectivity index (χ0n) is 7.85. The topological polar surface area (TPSA) is 78.1 Å². The van der Waals surface area contributed by atoms with Gasteiger partial charge in [0.15, 0.2) is 0 Å². The summed E-state index contributed by atoms with van der Waals surface area (Å²) in [7, 11) is 0. The first-order chi connectivity index (χ1) is 6.79. The summed E-state index contributed by atoms with van der Waals surface area (Å²) in [5.74, 6) is 0. The fraction of sp³-hybridized carbons (Fsp3) is 0.444. The number of rotatable bonds is 5. The van der Waals surface area contributed by atoms with Crippen molar-refractivity contribution in [3.05, 3.63) is 24.3 Å². The van der Waals surface area contributed by atoms with Gasteiger partial charge in [-0.15, -0.1) is 0 Å². The highest BCUT2D eigenvalue weighted by molar-refractivity contribution is 5.64. The molecule has 1 heterocycles. The molecule has 0 aromatic carbocycles. The van der Waals surface area contributed by atoms with Gasteiger partial charge in [0.2, 0.25) is 0 Å². The third kappa shape index (κ3) is 4.39. The standard InChI is InChI=1S/C9H13N3O2/c10-9(13)14-4-2-1-3-8-5-11-7-12-6-8/h5-7H,1-4H2,(H2,10,13). The van der Waals surface area contributed by atoms with E-state index in [4.69, 9.17) is 5.73 Å². The van der Waals surface area contributed by atoms with Crippen molar-refractivity contribution in [2.24, 2.45) is 5.73 Å². The van der Waals surface area contributed by atoms with Gasteiger partial charge in [-0.2, -0.15) is 0 Å². The molecular weight excluding hydrogens is 182 g/mol. The molecule has 0 aliphatic rings. The van der Waals surface area contributed by atoms with Gasteiger partial charge in [-0.1, -0.05) is 0 Å². The second-order valence-electron chi connectivity index (χ2n) is 2.87. The summed E-state index contributed by atoms with van der Waals surface area (Å²) in [6.45, 7) is 0.378. The van der Waals surface area contributed by atoms with E-state index in [0.29, 0.717) is 6.61 Å². The Bertz CT molecular complexity index is 277. The van der Waals surface area contributed by atoms with Gasteiger partial charge in [-0.05, 0) is 24.8 Å². The van der Waals surface area contributed by atoms with Crippen molar-refractivity contribution in [2.45, 2.75) is 19.3 Å². The molecule has 1 aromatic rings. The van der Waals surface area contributed by atoms with Crippen molar-refractivity contribution in [2.75, 3.05) is 6.61 Å². The number of aromatic nitrogens is 2. The van der Waals surface area contributed by atoms with Crippen LogP contribution in [0, 0.1) is 0 Å². The van der Waals surface area contributed by atoms with Gasteiger partial charge >= 0.3 is 6.09 Å². The largest absolute Gasteiger partial charge is 0.450 e. The minimum absolute atomic E-state index is 0.378. The molecule has 0 atom stereocenters. The van der Waals surface area contributed by atoms with Crippen molar-refractivity contribution in [1.82, 2.24) is 9.97 Å². The highest BCUT2D eigenvalue weighted by Gasteiger charge is 1.95. The molecule has 0 aliphatic heterocycles. The molecule has 0 aliphatic carbocycles. The first kappa shape index (κ1) is 10.4. The van der Waals surface area contributed by atoms with Crippen LogP contribution in [0.3, 0.4) is 0 Å². The van der Waals surface area contributed by atoms with Crippen LogP contribution >= 0.6 is 0 Å². The van der Waals surface area contributed by atoms with E-state index in [9.17, 15) is 4.79 Å². The summed E-state index contributed by atoms with van der Waals surface area (Å²) in [5.41, 5.74) is 5.89. The number of hydrogen-bond donors (Lipinski definition) is 1. The molecule has 1 rings (SSSR count). The molecule has 0 saturated carbocycles. The molecular formula is C9H13N3O2. The number of hydrogen-bond acceptors (Lipinski definition) is 4. The maximum atomic E-state index is 10.2. The highest BCUT2D eigenvalue weighted by atomic mass is 16.5. The van der Waals surface area contributed by atoms with Crippen LogP contribution in [0.4, 0.5) is 4.79 Å². The van der Waals surface area contributed by atoms with E-state index in [1.807, 2.05) is 0 Å². The van der Waals surface area contributed by atoms with Gasteiger partial charge in [0, 0.05) is 12.4 Å².